The summed E-state index contributed by atoms with van der Waals surface area (Å²) >= 11 is 1.52. The quantitative estimate of drug-likeness (QED) is 0.250. The van der Waals surface area contributed by atoms with Crippen LogP contribution in [0.4, 0.5) is 5.69 Å². The van der Waals surface area contributed by atoms with Gasteiger partial charge in [0.25, 0.3) is 0 Å². The molecule has 4 rings (SSSR count). The summed E-state index contributed by atoms with van der Waals surface area (Å²) in [6, 6.07) is 15.4. The molecule has 0 aliphatic carbocycles. The molecule has 0 saturated carbocycles. The van der Waals surface area contributed by atoms with Gasteiger partial charge >= 0.3 is 5.97 Å². The molecule has 9 heteroatoms. The molecule has 35 heavy (non-hydrogen) atoms. The van der Waals surface area contributed by atoms with Crippen molar-refractivity contribution in [2.45, 2.75) is 13.8 Å². The summed E-state index contributed by atoms with van der Waals surface area (Å²) in [5.74, 6) is 0.504. The molecule has 0 spiro atoms. The first-order chi connectivity index (χ1) is 16.7. The fourth-order valence-electron chi connectivity index (χ4n) is 3.71. The number of hydrogen-bond donors (Lipinski definition) is 1. The van der Waals surface area contributed by atoms with Gasteiger partial charge in [-0.1, -0.05) is 24.3 Å². The average Bonchev–Trinajstić information content (AvgIpc) is 3.44. The smallest absolute Gasteiger partial charge is 0.330 e. The second kappa shape index (κ2) is 10.3. The molecule has 0 aliphatic rings. The van der Waals surface area contributed by atoms with E-state index in [4.69, 9.17) is 4.74 Å². The Balaban J connectivity index is 1.75. The lowest BCUT2D eigenvalue weighted by atomic mass is 9.96. The number of carbonyl (C=O) groups is 1. The number of imidazole rings is 1. The molecule has 2 aromatic carbocycles. The van der Waals surface area contributed by atoms with Crippen molar-refractivity contribution in [1.82, 2.24) is 9.55 Å². The molecule has 0 atom stereocenters. The number of ether oxygens (including phenoxy) is 1. The number of benzene rings is 2. The first-order valence-corrected chi connectivity index (χ1v) is 13.7. The molecule has 2 aromatic heterocycles. The van der Waals surface area contributed by atoms with E-state index in [1.807, 2.05) is 42.0 Å². The van der Waals surface area contributed by atoms with E-state index in [0.717, 1.165) is 44.9 Å². The van der Waals surface area contributed by atoms with Gasteiger partial charge in [-0.15, -0.1) is 11.3 Å². The number of nitrogens with one attached hydrogen (secondary N) is 1. The standard InChI is InChI=1S/C26H25N3O4S2/c1-4-33-25(30)14-13-24-26(20-5-9-21(10-6-20)28-35(3,31)32)23(17-34-24)19-7-11-22(12-8-19)29-16-15-27-18(29)2/h5-17,28H,4H2,1-3H3. The van der Waals surface area contributed by atoms with Crippen LogP contribution in [0.3, 0.4) is 0 Å². The molecule has 0 bridgehead atoms. The SMILES string of the molecule is CCOC(=O)C=Cc1scc(-c2ccc(-n3ccnc3C)cc2)c1-c1ccc(NS(C)(=O)=O)cc1. The highest BCUT2D eigenvalue weighted by molar-refractivity contribution is 7.92. The number of rotatable bonds is 8. The Morgan fingerprint density at radius 1 is 1.11 bits per heavy atom. The molecular formula is C26H25N3O4S2. The van der Waals surface area contributed by atoms with Crippen LogP contribution < -0.4 is 4.72 Å². The maximum Gasteiger partial charge on any atom is 0.330 e. The number of thiophene rings is 1. The minimum absolute atomic E-state index is 0.309. The van der Waals surface area contributed by atoms with Gasteiger partial charge in [0.05, 0.1) is 12.9 Å². The second-order valence-electron chi connectivity index (χ2n) is 7.82. The maximum atomic E-state index is 11.9. The van der Waals surface area contributed by atoms with E-state index >= 15 is 0 Å². The van der Waals surface area contributed by atoms with E-state index in [1.54, 1.807) is 31.3 Å². The van der Waals surface area contributed by atoms with Crippen LogP contribution in [0.2, 0.25) is 0 Å². The van der Waals surface area contributed by atoms with E-state index < -0.39 is 16.0 Å². The van der Waals surface area contributed by atoms with Crippen LogP contribution in [0, 0.1) is 6.92 Å². The van der Waals surface area contributed by atoms with Crippen molar-refractivity contribution in [2.75, 3.05) is 17.6 Å². The van der Waals surface area contributed by atoms with Gasteiger partial charge < -0.3 is 9.30 Å². The van der Waals surface area contributed by atoms with Gasteiger partial charge in [-0.2, -0.15) is 0 Å². The van der Waals surface area contributed by atoms with Gasteiger partial charge in [-0.3, -0.25) is 4.72 Å². The molecule has 0 amide bonds. The molecule has 0 saturated heterocycles. The van der Waals surface area contributed by atoms with Crippen molar-refractivity contribution >= 4 is 39.1 Å². The molecule has 4 aromatic rings. The van der Waals surface area contributed by atoms with E-state index in [1.165, 1.54) is 17.4 Å². The number of carbonyl (C=O) groups excluding carboxylic acids is 1. The van der Waals surface area contributed by atoms with Gasteiger partial charge in [0.2, 0.25) is 10.0 Å². The molecule has 180 valence electrons. The Kier molecular flexibility index (Phi) is 7.18. The lowest BCUT2D eigenvalue weighted by molar-refractivity contribution is -0.137. The normalized spacial score (nSPS) is 11.6. The minimum atomic E-state index is -3.37. The van der Waals surface area contributed by atoms with Crippen LogP contribution in [0.15, 0.2) is 72.4 Å². The lowest BCUT2D eigenvalue weighted by Crippen LogP contribution is -2.09. The molecule has 0 aliphatic heterocycles. The van der Waals surface area contributed by atoms with Crippen molar-refractivity contribution in [1.29, 1.82) is 0 Å². The second-order valence-corrected chi connectivity index (χ2v) is 10.5. The fourth-order valence-corrected chi connectivity index (χ4v) is 5.27. The molecular weight excluding hydrogens is 482 g/mol. The van der Waals surface area contributed by atoms with Crippen LogP contribution in [0.25, 0.3) is 34.0 Å². The van der Waals surface area contributed by atoms with Gasteiger partial charge in [-0.25, -0.2) is 18.2 Å². The average molecular weight is 508 g/mol. The monoisotopic (exact) mass is 507 g/mol. The number of sulfonamides is 1. The highest BCUT2D eigenvalue weighted by Gasteiger charge is 2.15. The zero-order valence-electron chi connectivity index (χ0n) is 19.6. The molecule has 7 nitrogen and oxygen atoms in total. The minimum Gasteiger partial charge on any atom is -0.463 e. The zero-order valence-corrected chi connectivity index (χ0v) is 21.2. The molecule has 1 N–H and O–H groups in total. The van der Waals surface area contributed by atoms with Crippen LogP contribution in [0.5, 0.6) is 0 Å². The van der Waals surface area contributed by atoms with Crippen molar-refractivity contribution in [2.24, 2.45) is 0 Å². The molecule has 0 unspecified atom stereocenters. The highest BCUT2D eigenvalue weighted by Crippen LogP contribution is 2.40. The van der Waals surface area contributed by atoms with Gasteiger partial charge in [0.15, 0.2) is 0 Å². The summed E-state index contributed by atoms with van der Waals surface area (Å²) in [6.07, 6.45) is 7.99. The summed E-state index contributed by atoms with van der Waals surface area (Å²) in [4.78, 5) is 17.1. The van der Waals surface area contributed by atoms with Crippen molar-refractivity contribution in [3.63, 3.8) is 0 Å². The summed E-state index contributed by atoms with van der Waals surface area (Å²) in [6.45, 7) is 4.03. The third kappa shape index (κ3) is 5.87. The predicted octanol–water partition coefficient (Wildman–Crippen LogP) is 5.52. The number of aromatic nitrogens is 2. The lowest BCUT2D eigenvalue weighted by Gasteiger charge is -2.10. The number of anilines is 1. The third-order valence-corrected chi connectivity index (χ3v) is 6.79. The van der Waals surface area contributed by atoms with Crippen molar-refractivity contribution in [3.05, 3.63) is 83.1 Å². The molecule has 0 radical (unpaired) electrons. The van der Waals surface area contributed by atoms with Crippen molar-refractivity contribution in [3.8, 4) is 27.9 Å². The number of aryl methyl sites for hydroxylation is 1. The Morgan fingerprint density at radius 2 is 1.80 bits per heavy atom. The molecule has 0 fully saturated rings. The summed E-state index contributed by atoms with van der Waals surface area (Å²) < 4.78 is 32.7. The summed E-state index contributed by atoms with van der Waals surface area (Å²) in [5.41, 5.74) is 5.38. The summed E-state index contributed by atoms with van der Waals surface area (Å²) in [5, 5.41) is 2.06. The topological polar surface area (TPSA) is 90.3 Å². The van der Waals surface area contributed by atoms with E-state index in [9.17, 15) is 13.2 Å². The molecule has 2 heterocycles. The fraction of sp³-hybridized carbons (Fsp3) is 0.154. The Morgan fingerprint density at radius 3 is 2.40 bits per heavy atom. The number of esters is 1. The van der Waals surface area contributed by atoms with Gasteiger partial charge in [0.1, 0.15) is 5.82 Å². The summed E-state index contributed by atoms with van der Waals surface area (Å²) in [7, 11) is -3.37. The zero-order chi connectivity index (χ0) is 25.0. The van der Waals surface area contributed by atoms with Gasteiger partial charge in [-0.05, 0) is 60.7 Å². The van der Waals surface area contributed by atoms with E-state index in [-0.39, 0.29) is 0 Å². The van der Waals surface area contributed by atoms with E-state index in [2.05, 4.69) is 27.2 Å². The highest BCUT2D eigenvalue weighted by atomic mass is 32.2. The first-order valence-electron chi connectivity index (χ1n) is 10.9. The van der Waals surface area contributed by atoms with E-state index in [0.29, 0.717) is 12.3 Å². The Hall–Kier alpha value is -3.69. The number of nitrogens with zero attached hydrogens (tertiary/aromatic N) is 2. The number of hydrogen-bond acceptors (Lipinski definition) is 6. The largest absolute Gasteiger partial charge is 0.463 e. The third-order valence-electron chi connectivity index (χ3n) is 5.24. The Bertz CT molecular complexity index is 1470. The Labute approximate surface area is 208 Å². The maximum absolute atomic E-state index is 11.9. The van der Waals surface area contributed by atoms with Crippen LogP contribution in [-0.2, 0) is 19.6 Å². The van der Waals surface area contributed by atoms with Crippen LogP contribution >= 0.6 is 11.3 Å². The van der Waals surface area contributed by atoms with Crippen LogP contribution in [0.1, 0.15) is 17.6 Å². The first kappa shape index (κ1) is 24.4. The van der Waals surface area contributed by atoms with Gasteiger partial charge in [0, 0.05) is 45.8 Å². The van der Waals surface area contributed by atoms with Crippen molar-refractivity contribution < 1.29 is 17.9 Å². The van der Waals surface area contributed by atoms with Crippen LogP contribution in [-0.4, -0.2) is 36.8 Å². The predicted molar refractivity (Wildman–Crippen MR) is 141 cm³/mol.